The van der Waals surface area contributed by atoms with Gasteiger partial charge in [0.05, 0.1) is 0 Å². The van der Waals surface area contributed by atoms with Crippen molar-refractivity contribution in [3.63, 3.8) is 0 Å². The molecule has 4 nitrogen and oxygen atoms in total. The molecular weight excluding hydrogens is 208 g/mol. The second-order valence-electron chi connectivity index (χ2n) is 4.46. The van der Waals surface area contributed by atoms with Crippen molar-refractivity contribution in [1.29, 1.82) is 0 Å². The molecule has 0 spiro atoms. The van der Waals surface area contributed by atoms with Gasteiger partial charge in [-0.05, 0) is 25.2 Å². The number of aliphatic hydroxyl groups is 1. The predicted molar refractivity (Wildman–Crippen MR) is 60.3 cm³/mol. The average molecular weight is 230 g/mol. The second kappa shape index (κ2) is 7.63. The molecule has 0 aromatic heterocycles. The van der Waals surface area contributed by atoms with Crippen molar-refractivity contribution in [3.8, 4) is 0 Å². The zero-order chi connectivity index (χ0) is 11.8. The van der Waals surface area contributed by atoms with E-state index in [0.29, 0.717) is 13.0 Å². The van der Waals surface area contributed by atoms with Gasteiger partial charge in [0.2, 0.25) is 0 Å². The molecule has 0 radical (unpaired) electrons. The summed E-state index contributed by atoms with van der Waals surface area (Å²) in [6.07, 6.45) is 6.38. The maximum absolute atomic E-state index is 11.1. The summed E-state index contributed by atoms with van der Waals surface area (Å²) < 4.78 is 5.38. The molecule has 16 heavy (non-hydrogen) atoms. The molecule has 0 bridgehead atoms. The fraction of sp³-hybridized carbons (Fsp3) is 0.917. The van der Waals surface area contributed by atoms with Gasteiger partial charge < -0.3 is 14.9 Å². The van der Waals surface area contributed by atoms with E-state index in [4.69, 9.17) is 14.9 Å². The van der Waals surface area contributed by atoms with Gasteiger partial charge in [0, 0.05) is 13.2 Å². The summed E-state index contributed by atoms with van der Waals surface area (Å²) in [4.78, 5) is 11.1. The van der Waals surface area contributed by atoms with E-state index in [9.17, 15) is 4.79 Å². The fourth-order valence-corrected chi connectivity index (χ4v) is 2.30. The van der Waals surface area contributed by atoms with Crippen molar-refractivity contribution < 1.29 is 19.7 Å². The summed E-state index contributed by atoms with van der Waals surface area (Å²) in [5.41, 5.74) is 0. The Morgan fingerprint density at radius 1 is 1.25 bits per heavy atom. The van der Waals surface area contributed by atoms with Gasteiger partial charge in [0.15, 0.2) is 6.10 Å². The van der Waals surface area contributed by atoms with Crippen LogP contribution in [0.3, 0.4) is 0 Å². The molecule has 0 aromatic rings. The van der Waals surface area contributed by atoms with Crippen LogP contribution in [0.4, 0.5) is 0 Å². The lowest BCUT2D eigenvalue weighted by Crippen LogP contribution is -2.32. The van der Waals surface area contributed by atoms with Gasteiger partial charge in [-0.25, -0.2) is 4.79 Å². The highest BCUT2D eigenvalue weighted by molar-refractivity contribution is 5.72. The third-order valence-electron chi connectivity index (χ3n) is 3.17. The number of carboxylic acids is 1. The number of carbonyl (C=O) groups is 1. The molecule has 94 valence electrons. The van der Waals surface area contributed by atoms with Crippen LogP contribution in [-0.4, -0.2) is 35.5 Å². The lowest BCUT2D eigenvalue weighted by molar-refractivity contribution is -0.155. The Balaban J connectivity index is 2.43. The molecule has 1 saturated carbocycles. The van der Waals surface area contributed by atoms with Crippen LogP contribution < -0.4 is 0 Å². The largest absolute Gasteiger partial charge is 0.479 e. The van der Waals surface area contributed by atoms with Crippen LogP contribution >= 0.6 is 0 Å². The zero-order valence-electron chi connectivity index (χ0n) is 9.73. The molecule has 1 fully saturated rings. The fourth-order valence-electron chi connectivity index (χ4n) is 2.30. The van der Waals surface area contributed by atoms with Gasteiger partial charge in [0.25, 0.3) is 0 Å². The number of rotatable bonds is 6. The Kier molecular flexibility index (Phi) is 6.42. The Labute approximate surface area is 96.6 Å². The Morgan fingerprint density at radius 2 is 1.88 bits per heavy atom. The predicted octanol–water partition coefficient (Wildman–Crippen LogP) is 1.81. The van der Waals surface area contributed by atoms with E-state index in [1.807, 2.05) is 0 Å². The smallest absolute Gasteiger partial charge is 0.333 e. The SMILES string of the molecule is O=C(O)C(OCCCO)C1CCCCCC1. The molecule has 0 heterocycles. The van der Waals surface area contributed by atoms with Crippen molar-refractivity contribution in [1.82, 2.24) is 0 Å². The van der Waals surface area contributed by atoms with Gasteiger partial charge in [-0.2, -0.15) is 0 Å². The highest BCUT2D eigenvalue weighted by Gasteiger charge is 2.29. The Hall–Kier alpha value is -0.610. The third-order valence-corrected chi connectivity index (χ3v) is 3.17. The maximum atomic E-state index is 11.1. The number of aliphatic carboxylic acids is 1. The molecule has 0 amide bonds. The van der Waals surface area contributed by atoms with Crippen molar-refractivity contribution >= 4 is 5.97 Å². The molecule has 0 aromatic carbocycles. The maximum Gasteiger partial charge on any atom is 0.333 e. The highest BCUT2D eigenvalue weighted by atomic mass is 16.5. The summed E-state index contributed by atoms with van der Waals surface area (Å²) >= 11 is 0. The van der Waals surface area contributed by atoms with E-state index < -0.39 is 12.1 Å². The Bertz CT molecular complexity index is 197. The molecule has 0 saturated heterocycles. The van der Waals surface area contributed by atoms with Crippen LogP contribution in [0, 0.1) is 5.92 Å². The van der Waals surface area contributed by atoms with E-state index >= 15 is 0 Å². The lowest BCUT2D eigenvalue weighted by atomic mass is 9.94. The molecule has 0 aliphatic heterocycles. The zero-order valence-corrected chi connectivity index (χ0v) is 9.73. The van der Waals surface area contributed by atoms with Crippen LogP contribution in [0.25, 0.3) is 0 Å². The molecular formula is C12H22O4. The Morgan fingerprint density at radius 3 is 2.38 bits per heavy atom. The minimum Gasteiger partial charge on any atom is -0.479 e. The van der Waals surface area contributed by atoms with Gasteiger partial charge in [0.1, 0.15) is 0 Å². The summed E-state index contributed by atoms with van der Waals surface area (Å²) in [5, 5.41) is 17.8. The standard InChI is InChI=1S/C12H22O4/c13-8-5-9-16-11(12(14)15)10-6-3-1-2-4-7-10/h10-11,13H,1-9H2,(H,14,15). The molecule has 1 unspecified atom stereocenters. The molecule has 4 heteroatoms. The number of hydrogen-bond donors (Lipinski definition) is 2. The van der Waals surface area contributed by atoms with Gasteiger partial charge in [-0.15, -0.1) is 0 Å². The molecule has 2 N–H and O–H groups in total. The first-order valence-corrected chi connectivity index (χ1v) is 6.21. The molecule has 1 aliphatic rings. The normalized spacial score (nSPS) is 20.3. The summed E-state index contributed by atoms with van der Waals surface area (Å²) in [5.74, 6) is -0.705. The molecule has 1 aliphatic carbocycles. The van der Waals surface area contributed by atoms with E-state index in [2.05, 4.69) is 0 Å². The van der Waals surface area contributed by atoms with Crippen molar-refractivity contribution in [2.75, 3.05) is 13.2 Å². The number of ether oxygens (including phenoxy) is 1. The average Bonchev–Trinajstić information content (AvgIpc) is 2.52. The van der Waals surface area contributed by atoms with E-state index in [1.54, 1.807) is 0 Å². The quantitative estimate of drug-likeness (QED) is 0.539. The monoisotopic (exact) mass is 230 g/mol. The summed E-state index contributed by atoms with van der Waals surface area (Å²) in [7, 11) is 0. The second-order valence-corrected chi connectivity index (χ2v) is 4.46. The topological polar surface area (TPSA) is 66.8 Å². The molecule has 1 atom stereocenters. The van der Waals surface area contributed by atoms with Crippen LogP contribution in [0.2, 0.25) is 0 Å². The highest BCUT2D eigenvalue weighted by Crippen LogP contribution is 2.27. The van der Waals surface area contributed by atoms with Crippen LogP contribution in [0.15, 0.2) is 0 Å². The number of hydrogen-bond acceptors (Lipinski definition) is 3. The molecule has 1 rings (SSSR count). The number of aliphatic hydroxyl groups excluding tert-OH is 1. The summed E-state index contributed by atoms with van der Waals surface area (Å²) in [6.45, 7) is 0.390. The van der Waals surface area contributed by atoms with Crippen molar-refractivity contribution in [2.45, 2.75) is 51.0 Å². The lowest BCUT2D eigenvalue weighted by Gasteiger charge is -2.22. The van der Waals surface area contributed by atoms with Gasteiger partial charge in [-0.1, -0.05) is 25.7 Å². The van der Waals surface area contributed by atoms with E-state index in [0.717, 1.165) is 25.7 Å². The number of carboxylic acid groups (broad SMARTS) is 1. The third kappa shape index (κ3) is 4.49. The van der Waals surface area contributed by atoms with Crippen molar-refractivity contribution in [2.24, 2.45) is 5.92 Å². The van der Waals surface area contributed by atoms with E-state index in [1.165, 1.54) is 12.8 Å². The van der Waals surface area contributed by atoms with Crippen LogP contribution in [-0.2, 0) is 9.53 Å². The van der Waals surface area contributed by atoms with E-state index in [-0.39, 0.29) is 12.5 Å². The summed E-state index contributed by atoms with van der Waals surface area (Å²) in [6, 6.07) is 0. The van der Waals surface area contributed by atoms with Crippen LogP contribution in [0.5, 0.6) is 0 Å². The van der Waals surface area contributed by atoms with Crippen molar-refractivity contribution in [3.05, 3.63) is 0 Å². The minimum atomic E-state index is -0.857. The first kappa shape index (κ1) is 13.5. The van der Waals surface area contributed by atoms with Gasteiger partial charge in [-0.3, -0.25) is 0 Å². The first-order chi connectivity index (χ1) is 7.75. The minimum absolute atomic E-state index is 0.0526. The first-order valence-electron chi connectivity index (χ1n) is 6.21. The van der Waals surface area contributed by atoms with Crippen LogP contribution in [0.1, 0.15) is 44.9 Å². The van der Waals surface area contributed by atoms with Gasteiger partial charge >= 0.3 is 5.97 Å².